The van der Waals surface area contributed by atoms with E-state index in [1.165, 1.54) is 7.11 Å². The van der Waals surface area contributed by atoms with E-state index in [1.54, 1.807) is 0 Å². The van der Waals surface area contributed by atoms with E-state index in [1.807, 2.05) is 0 Å². The molecule has 5 heteroatoms. The minimum absolute atomic E-state index is 0.128. The van der Waals surface area contributed by atoms with Crippen molar-refractivity contribution in [2.24, 2.45) is 0 Å². The minimum atomic E-state index is -0.128. The maximum absolute atomic E-state index is 11.0. The summed E-state index contributed by atoms with van der Waals surface area (Å²) < 4.78 is 5.64. The fourth-order valence-corrected chi connectivity index (χ4v) is 2.12. The molecule has 0 aromatic carbocycles. The predicted octanol–water partition coefficient (Wildman–Crippen LogP) is 1.08. The molecule has 92 valence electrons. The van der Waals surface area contributed by atoms with E-state index in [9.17, 15) is 4.79 Å². The summed E-state index contributed by atoms with van der Waals surface area (Å²) in [6.45, 7) is 9.64. The number of rotatable bonds is 5. The zero-order chi connectivity index (χ0) is 12.0. The van der Waals surface area contributed by atoms with Crippen LogP contribution >= 0.6 is 15.9 Å². The summed E-state index contributed by atoms with van der Waals surface area (Å²) in [6, 6.07) is 0. The largest absolute Gasteiger partial charge is 0.469 e. The lowest BCUT2D eigenvalue weighted by Gasteiger charge is -2.34. The van der Waals surface area contributed by atoms with Gasteiger partial charge in [0, 0.05) is 43.8 Å². The van der Waals surface area contributed by atoms with Gasteiger partial charge in [-0.1, -0.05) is 22.5 Å². The van der Waals surface area contributed by atoms with Crippen molar-refractivity contribution in [3.05, 3.63) is 11.1 Å². The molecule has 0 N–H and O–H groups in total. The lowest BCUT2D eigenvalue weighted by molar-refractivity contribution is -0.141. The standard InChI is InChI=1S/C11H19BrN2O2/c1-10(12)9-14-7-5-13(6-8-14)4-3-11(15)16-2/h1,3-9H2,2H3. The van der Waals surface area contributed by atoms with E-state index in [4.69, 9.17) is 0 Å². The second-order valence-corrected chi connectivity index (χ2v) is 5.08. The van der Waals surface area contributed by atoms with E-state index in [2.05, 4.69) is 37.0 Å². The highest BCUT2D eigenvalue weighted by Gasteiger charge is 2.17. The Morgan fingerprint density at radius 3 is 2.38 bits per heavy atom. The molecule has 0 amide bonds. The molecule has 0 aromatic heterocycles. The molecule has 0 bridgehead atoms. The molecule has 0 unspecified atom stereocenters. The molecule has 0 spiro atoms. The number of esters is 1. The monoisotopic (exact) mass is 290 g/mol. The molecule has 0 aliphatic carbocycles. The maximum Gasteiger partial charge on any atom is 0.306 e. The number of carbonyl (C=O) groups is 1. The smallest absolute Gasteiger partial charge is 0.306 e. The van der Waals surface area contributed by atoms with E-state index >= 15 is 0 Å². The minimum Gasteiger partial charge on any atom is -0.469 e. The van der Waals surface area contributed by atoms with Crippen molar-refractivity contribution < 1.29 is 9.53 Å². The average Bonchev–Trinajstić information content (AvgIpc) is 2.27. The Morgan fingerprint density at radius 1 is 1.31 bits per heavy atom. The molecule has 1 saturated heterocycles. The van der Waals surface area contributed by atoms with E-state index in [0.29, 0.717) is 6.42 Å². The van der Waals surface area contributed by atoms with Gasteiger partial charge in [0.1, 0.15) is 0 Å². The first-order valence-corrected chi connectivity index (χ1v) is 6.26. The molecule has 1 fully saturated rings. The van der Waals surface area contributed by atoms with Gasteiger partial charge in [0.25, 0.3) is 0 Å². The first kappa shape index (κ1) is 13.7. The Kier molecular flexibility index (Phi) is 6.01. The highest BCUT2D eigenvalue weighted by molar-refractivity contribution is 9.11. The summed E-state index contributed by atoms with van der Waals surface area (Å²) >= 11 is 3.37. The van der Waals surface area contributed by atoms with Crippen LogP contribution in [0.15, 0.2) is 11.1 Å². The van der Waals surface area contributed by atoms with E-state index < -0.39 is 0 Å². The average molecular weight is 291 g/mol. The van der Waals surface area contributed by atoms with Gasteiger partial charge >= 0.3 is 5.97 Å². The first-order valence-electron chi connectivity index (χ1n) is 5.46. The highest BCUT2D eigenvalue weighted by atomic mass is 79.9. The maximum atomic E-state index is 11.0. The van der Waals surface area contributed by atoms with Crippen molar-refractivity contribution in [3.8, 4) is 0 Å². The van der Waals surface area contributed by atoms with Crippen molar-refractivity contribution in [2.75, 3.05) is 46.4 Å². The van der Waals surface area contributed by atoms with Gasteiger partial charge in [-0.15, -0.1) is 0 Å². The van der Waals surface area contributed by atoms with Crippen LogP contribution in [-0.4, -0.2) is 62.1 Å². The molecule has 1 heterocycles. The Bertz CT molecular complexity index is 250. The van der Waals surface area contributed by atoms with Gasteiger partial charge in [0.2, 0.25) is 0 Å². The van der Waals surface area contributed by atoms with Crippen molar-refractivity contribution in [2.45, 2.75) is 6.42 Å². The van der Waals surface area contributed by atoms with Crippen LogP contribution in [0.2, 0.25) is 0 Å². The molecule has 1 aliphatic heterocycles. The van der Waals surface area contributed by atoms with Gasteiger partial charge in [-0.25, -0.2) is 0 Å². The third-order valence-corrected chi connectivity index (χ3v) is 2.97. The number of methoxy groups -OCH3 is 1. The number of halogens is 1. The molecule has 0 atom stereocenters. The molecular formula is C11H19BrN2O2. The van der Waals surface area contributed by atoms with Crippen LogP contribution < -0.4 is 0 Å². The van der Waals surface area contributed by atoms with Gasteiger partial charge in [0.05, 0.1) is 13.5 Å². The summed E-state index contributed by atoms with van der Waals surface area (Å²) in [4.78, 5) is 15.6. The van der Waals surface area contributed by atoms with Crippen molar-refractivity contribution in [1.82, 2.24) is 9.80 Å². The molecule has 4 nitrogen and oxygen atoms in total. The van der Waals surface area contributed by atoms with Crippen LogP contribution in [0, 0.1) is 0 Å². The summed E-state index contributed by atoms with van der Waals surface area (Å²) in [7, 11) is 1.43. The third-order valence-electron chi connectivity index (χ3n) is 2.72. The normalized spacial score (nSPS) is 18.4. The number of nitrogens with zero attached hydrogens (tertiary/aromatic N) is 2. The zero-order valence-corrected chi connectivity index (χ0v) is 11.3. The number of hydrogen-bond donors (Lipinski definition) is 0. The Balaban J connectivity index is 2.16. The summed E-state index contributed by atoms with van der Waals surface area (Å²) in [5, 5.41) is 0. The van der Waals surface area contributed by atoms with Crippen LogP contribution in [0.25, 0.3) is 0 Å². The predicted molar refractivity (Wildman–Crippen MR) is 67.6 cm³/mol. The Morgan fingerprint density at radius 2 is 1.88 bits per heavy atom. The van der Waals surface area contributed by atoms with Crippen LogP contribution in [0.3, 0.4) is 0 Å². The van der Waals surface area contributed by atoms with Crippen LogP contribution in [-0.2, 0) is 9.53 Å². The number of piperazine rings is 1. The number of carbonyl (C=O) groups excluding carboxylic acids is 1. The van der Waals surface area contributed by atoms with Gasteiger partial charge in [-0.05, 0) is 0 Å². The van der Waals surface area contributed by atoms with Crippen LogP contribution in [0.4, 0.5) is 0 Å². The second-order valence-electron chi connectivity index (χ2n) is 3.96. The summed E-state index contributed by atoms with van der Waals surface area (Å²) in [5.41, 5.74) is 0. The number of ether oxygens (including phenoxy) is 1. The summed E-state index contributed by atoms with van der Waals surface area (Å²) in [6.07, 6.45) is 0.488. The molecule has 16 heavy (non-hydrogen) atoms. The lowest BCUT2D eigenvalue weighted by Crippen LogP contribution is -2.47. The highest BCUT2D eigenvalue weighted by Crippen LogP contribution is 2.08. The quantitative estimate of drug-likeness (QED) is 0.710. The van der Waals surface area contributed by atoms with E-state index in [0.717, 1.165) is 43.8 Å². The molecule has 1 aliphatic rings. The van der Waals surface area contributed by atoms with Gasteiger partial charge in [0.15, 0.2) is 0 Å². The zero-order valence-electron chi connectivity index (χ0n) is 9.75. The molecule has 0 radical (unpaired) electrons. The van der Waals surface area contributed by atoms with Crippen molar-refractivity contribution >= 4 is 21.9 Å². The topological polar surface area (TPSA) is 32.8 Å². The SMILES string of the molecule is C=C(Br)CN1CCN(CCC(=O)OC)CC1. The van der Waals surface area contributed by atoms with Crippen molar-refractivity contribution in [1.29, 1.82) is 0 Å². The number of hydrogen-bond acceptors (Lipinski definition) is 4. The summed E-state index contributed by atoms with van der Waals surface area (Å²) in [5.74, 6) is -0.128. The lowest BCUT2D eigenvalue weighted by atomic mass is 10.3. The molecule has 0 aromatic rings. The Labute approximate surface area is 105 Å². The van der Waals surface area contributed by atoms with E-state index in [-0.39, 0.29) is 5.97 Å². The fourth-order valence-electron chi connectivity index (χ4n) is 1.77. The Hall–Kier alpha value is -0.390. The fraction of sp³-hybridized carbons (Fsp3) is 0.727. The van der Waals surface area contributed by atoms with Crippen LogP contribution in [0.5, 0.6) is 0 Å². The van der Waals surface area contributed by atoms with Gasteiger partial charge in [-0.3, -0.25) is 9.69 Å². The first-order chi connectivity index (χ1) is 7.61. The van der Waals surface area contributed by atoms with Crippen molar-refractivity contribution in [3.63, 3.8) is 0 Å². The molecule has 0 saturated carbocycles. The second kappa shape index (κ2) is 7.04. The molecule has 1 rings (SSSR count). The third kappa shape index (κ3) is 5.09. The van der Waals surface area contributed by atoms with Gasteiger partial charge < -0.3 is 9.64 Å². The van der Waals surface area contributed by atoms with Gasteiger partial charge in [-0.2, -0.15) is 0 Å². The van der Waals surface area contributed by atoms with Crippen LogP contribution in [0.1, 0.15) is 6.42 Å². The molecular weight excluding hydrogens is 272 g/mol.